The molecule has 0 unspecified atom stereocenters. The second-order valence-corrected chi connectivity index (χ2v) is 5.21. The number of hydrogen-bond acceptors (Lipinski definition) is 3. The Bertz CT molecular complexity index is 234. The van der Waals surface area contributed by atoms with Crippen molar-refractivity contribution >= 4 is 10.0 Å². The van der Waals surface area contributed by atoms with Crippen molar-refractivity contribution in [1.82, 2.24) is 9.62 Å². The van der Waals surface area contributed by atoms with Crippen LogP contribution in [0.2, 0.25) is 0 Å². The van der Waals surface area contributed by atoms with Crippen molar-refractivity contribution < 1.29 is 8.42 Å². The van der Waals surface area contributed by atoms with Crippen molar-refractivity contribution in [2.45, 2.75) is 18.9 Å². The highest BCUT2D eigenvalue weighted by Gasteiger charge is 2.25. The second-order valence-electron chi connectivity index (χ2n) is 3.38. The zero-order valence-corrected chi connectivity index (χ0v) is 8.39. The van der Waals surface area contributed by atoms with Crippen LogP contribution in [0.3, 0.4) is 0 Å². The van der Waals surface area contributed by atoms with Gasteiger partial charge in [0, 0.05) is 19.1 Å². The lowest BCUT2D eigenvalue weighted by Gasteiger charge is -2.14. The summed E-state index contributed by atoms with van der Waals surface area (Å²) in [7, 11) is -0.972. The summed E-state index contributed by atoms with van der Waals surface area (Å²) in [6.07, 6.45) is 3.70. The Balaban J connectivity index is 2.09. The summed E-state index contributed by atoms with van der Waals surface area (Å²) in [5, 5.41) is 0. The standard InChI is InChI=1S/C7H16N2O2S/c1-9(7-3-4-7)6-5-8-12(2,10)11/h7-8H,3-6H2,1-2H3. The molecule has 1 saturated carbocycles. The first-order valence-corrected chi connectivity index (χ1v) is 6.03. The molecule has 1 rings (SSSR count). The number of nitrogens with zero attached hydrogens (tertiary/aromatic N) is 1. The smallest absolute Gasteiger partial charge is 0.208 e. The van der Waals surface area contributed by atoms with Crippen molar-refractivity contribution in [1.29, 1.82) is 0 Å². The Morgan fingerprint density at radius 3 is 2.50 bits per heavy atom. The molecule has 0 bridgehead atoms. The van der Waals surface area contributed by atoms with Crippen molar-refractivity contribution in [3.05, 3.63) is 0 Å². The van der Waals surface area contributed by atoms with Crippen LogP contribution in [0.5, 0.6) is 0 Å². The molecular formula is C7H16N2O2S. The maximum Gasteiger partial charge on any atom is 0.208 e. The second kappa shape index (κ2) is 3.72. The van der Waals surface area contributed by atoms with Gasteiger partial charge < -0.3 is 4.90 Å². The third-order valence-corrected chi connectivity index (χ3v) is 2.73. The largest absolute Gasteiger partial charge is 0.302 e. The Kier molecular flexibility index (Phi) is 3.09. The minimum absolute atomic E-state index is 0.520. The summed E-state index contributed by atoms with van der Waals surface area (Å²) in [5.74, 6) is 0. The van der Waals surface area contributed by atoms with Crippen LogP contribution in [-0.4, -0.2) is 45.8 Å². The first-order valence-electron chi connectivity index (χ1n) is 4.14. The molecule has 0 heterocycles. The van der Waals surface area contributed by atoms with E-state index in [1.54, 1.807) is 0 Å². The normalized spacial score (nSPS) is 18.6. The van der Waals surface area contributed by atoms with Gasteiger partial charge in [-0.25, -0.2) is 13.1 Å². The van der Waals surface area contributed by atoms with Gasteiger partial charge in [-0.1, -0.05) is 0 Å². The van der Waals surface area contributed by atoms with Crippen molar-refractivity contribution in [3.8, 4) is 0 Å². The molecular weight excluding hydrogens is 176 g/mol. The van der Waals surface area contributed by atoms with Crippen molar-refractivity contribution in [2.24, 2.45) is 0 Å². The minimum Gasteiger partial charge on any atom is -0.302 e. The number of nitrogens with one attached hydrogen (secondary N) is 1. The van der Waals surface area contributed by atoms with Gasteiger partial charge >= 0.3 is 0 Å². The van der Waals surface area contributed by atoms with E-state index in [4.69, 9.17) is 0 Å². The summed E-state index contributed by atoms with van der Waals surface area (Å²) in [5.41, 5.74) is 0. The van der Waals surface area contributed by atoms with E-state index in [2.05, 4.69) is 9.62 Å². The predicted octanol–water partition coefficient (Wildman–Crippen LogP) is -0.370. The van der Waals surface area contributed by atoms with Crippen LogP contribution in [0.15, 0.2) is 0 Å². The van der Waals surface area contributed by atoms with Crippen LogP contribution < -0.4 is 4.72 Å². The van der Waals surface area contributed by atoms with Crippen LogP contribution in [0.1, 0.15) is 12.8 Å². The topological polar surface area (TPSA) is 49.4 Å². The van der Waals surface area contributed by atoms with Crippen molar-refractivity contribution in [2.75, 3.05) is 26.4 Å². The van der Waals surface area contributed by atoms with Crippen LogP contribution >= 0.6 is 0 Å². The van der Waals surface area contributed by atoms with E-state index in [1.807, 2.05) is 7.05 Å². The lowest BCUT2D eigenvalue weighted by molar-refractivity contribution is 0.329. The van der Waals surface area contributed by atoms with Gasteiger partial charge in [-0.2, -0.15) is 0 Å². The minimum atomic E-state index is -3.00. The number of likely N-dealkylation sites (N-methyl/N-ethyl adjacent to an activating group) is 1. The van der Waals surface area contributed by atoms with Crippen LogP contribution in [-0.2, 0) is 10.0 Å². The highest BCUT2D eigenvalue weighted by molar-refractivity contribution is 7.88. The molecule has 0 aromatic carbocycles. The third-order valence-electron chi connectivity index (χ3n) is 2.00. The molecule has 1 N–H and O–H groups in total. The van der Waals surface area contributed by atoms with Crippen LogP contribution in [0.4, 0.5) is 0 Å². The maximum atomic E-state index is 10.7. The Morgan fingerprint density at radius 1 is 1.50 bits per heavy atom. The summed E-state index contributed by atoms with van der Waals surface area (Å²) in [4.78, 5) is 2.19. The molecule has 4 nitrogen and oxygen atoms in total. The van der Waals surface area contributed by atoms with E-state index in [9.17, 15) is 8.42 Å². The van der Waals surface area contributed by atoms with Crippen LogP contribution in [0, 0.1) is 0 Å². The van der Waals surface area contributed by atoms with E-state index < -0.39 is 10.0 Å². The molecule has 1 fully saturated rings. The van der Waals surface area contributed by atoms with E-state index in [1.165, 1.54) is 19.1 Å². The third kappa shape index (κ3) is 4.04. The van der Waals surface area contributed by atoms with Gasteiger partial charge in [0.2, 0.25) is 10.0 Å². The SMILES string of the molecule is CN(CCNS(C)(=O)=O)C1CC1. The predicted molar refractivity (Wildman–Crippen MR) is 48.5 cm³/mol. The molecule has 0 spiro atoms. The van der Waals surface area contributed by atoms with E-state index >= 15 is 0 Å². The monoisotopic (exact) mass is 192 g/mol. The fourth-order valence-corrected chi connectivity index (χ4v) is 1.57. The molecule has 1 aliphatic carbocycles. The molecule has 1 aliphatic rings. The molecule has 12 heavy (non-hydrogen) atoms. The zero-order chi connectivity index (χ0) is 9.19. The number of hydrogen-bond donors (Lipinski definition) is 1. The first-order chi connectivity index (χ1) is 5.49. The molecule has 72 valence electrons. The lowest BCUT2D eigenvalue weighted by Crippen LogP contribution is -2.33. The molecule has 0 aromatic rings. The average Bonchev–Trinajstić information content (AvgIpc) is 2.64. The van der Waals surface area contributed by atoms with Gasteiger partial charge in [0.05, 0.1) is 6.26 Å². The van der Waals surface area contributed by atoms with Crippen LogP contribution in [0.25, 0.3) is 0 Å². The van der Waals surface area contributed by atoms with Gasteiger partial charge in [-0.05, 0) is 19.9 Å². The highest BCUT2D eigenvalue weighted by atomic mass is 32.2. The van der Waals surface area contributed by atoms with E-state index in [0.29, 0.717) is 12.6 Å². The fourth-order valence-electron chi connectivity index (χ4n) is 1.11. The average molecular weight is 192 g/mol. The number of sulfonamides is 1. The quantitative estimate of drug-likeness (QED) is 0.646. The molecule has 0 aliphatic heterocycles. The molecule has 0 aromatic heterocycles. The van der Waals surface area contributed by atoms with Crippen molar-refractivity contribution in [3.63, 3.8) is 0 Å². The Labute approximate surface area is 74.0 Å². The van der Waals surface area contributed by atoms with Gasteiger partial charge in [0.25, 0.3) is 0 Å². The van der Waals surface area contributed by atoms with E-state index in [-0.39, 0.29) is 0 Å². The fraction of sp³-hybridized carbons (Fsp3) is 1.00. The van der Waals surface area contributed by atoms with E-state index in [0.717, 1.165) is 6.54 Å². The summed E-state index contributed by atoms with van der Waals surface area (Å²) < 4.78 is 23.8. The van der Waals surface area contributed by atoms with Gasteiger partial charge in [-0.3, -0.25) is 0 Å². The summed E-state index contributed by atoms with van der Waals surface area (Å²) in [6.45, 7) is 1.32. The zero-order valence-electron chi connectivity index (χ0n) is 7.58. The van der Waals surface area contributed by atoms with Gasteiger partial charge in [0.15, 0.2) is 0 Å². The Hall–Kier alpha value is -0.130. The molecule has 0 saturated heterocycles. The summed E-state index contributed by atoms with van der Waals surface area (Å²) >= 11 is 0. The maximum absolute atomic E-state index is 10.7. The number of rotatable bonds is 5. The summed E-state index contributed by atoms with van der Waals surface area (Å²) in [6, 6.07) is 0.700. The first kappa shape index (κ1) is 9.95. The highest BCUT2D eigenvalue weighted by Crippen LogP contribution is 2.24. The molecule has 0 radical (unpaired) electrons. The van der Waals surface area contributed by atoms with Gasteiger partial charge in [-0.15, -0.1) is 0 Å². The molecule has 5 heteroatoms. The molecule has 0 amide bonds. The van der Waals surface area contributed by atoms with Gasteiger partial charge in [0.1, 0.15) is 0 Å². The molecule has 0 atom stereocenters. The Morgan fingerprint density at radius 2 is 2.08 bits per heavy atom. The lowest BCUT2D eigenvalue weighted by atomic mass is 10.5.